The van der Waals surface area contributed by atoms with Gasteiger partial charge in [-0.15, -0.1) is 0 Å². The van der Waals surface area contributed by atoms with Crippen molar-refractivity contribution >= 4 is 5.91 Å². The van der Waals surface area contributed by atoms with Gasteiger partial charge < -0.3 is 15.4 Å². The molecule has 1 aromatic rings. The molecule has 1 aliphatic heterocycles. The minimum atomic E-state index is -2.58. The van der Waals surface area contributed by atoms with Gasteiger partial charge in [0, 0.05) is 42.8 Å². The zero-order valence-corrected chi connectivity index (χ0v) is 16.1. The minimum Gasteiger partial charge on any atom is -0.493 e. The van der Waals surface area contributed by atoms with Crippen LogP contribution in [-0.2, 0) is 6.42 Å². The predicted molar refractivity (Wildman–Crippen MR) is 102 cm³/mol. The quantitative estimate of drug-likeness (QED) is 0.777. The van der Waals surface area contributed by atoms with E-state index in [1.807, 2.05) is 12.1 Å². The highest BCUT2D eigenvalue weighted by atomic mass is 19.3. The van der Waals surface area contributed by atoms with Crippen molar-refractivity contribution in [2.75, 3.05) is 13.2 Å². The number of nitrogens with one attached hydrogen (secondary N) is 2. The first-order valence-corrected chi connectivity index (χ1v) is 10.7. The molecule has 5 rings (SSSR count). The van der Waals surface area contributed by atoms with Gasteiger partial charge in [-0.2, -0.15) is 0 Å². The van der Waals surface area contributed by atoms with Crippen LogP contribution < -0.4 is 15.4 Å². The van der Waals surface area contributed by atoms with E-state index in [9.17, 15) is 13.6 Å². The number of benzene rings is 1. The van der Waals surface area contributed by atoms with Crippen molar-refractivity contribution in [1.29, 1.82) is 0 Å². The van der Waals surface area contributed by atoms with Gasteiger partial charge in [-0.1, -0.05) is 0 Å². The fraction of sp³-hybridized carbons (Fsp3) is 0.682. The Kier molecular flexibility index (Phi) is 4.57. The maximum atomic E-state index is 13.4. The summed E-state index contributed by atoms with van der Waals surface area (Å²) in [4.78, 5) is 12.8. The Bertz CT molecular complexity index is 768. The minimum absolute atomic E-state index is 0.141. The average molecular weight is 390 g/mol. The lowest BCUT2D eigenvalue weighted by Crippen LogP contribution is -2.40. The maximum absolute atomic E-state index is 13.4. The molecule has 0 aromatic heterocycles. The predicted octanol–water partition coefficient (Wildman–Crippen LogP) is 3.78. The smallest absolute Gasteiger partial charge is 0.251 e. The van der Waals surface area contributed by atoms with E-state index >= 15 is 0 Å². The van der Waals surface area contributed by atoms with E-state index in [1.54, 1.807) is 0 Å². The van der Waals surface area contributed by atoms with E-state index in [0.29, 0.717) is 37.0 Å². The van der Waals surface area contributed by atoms with Gasteiger partial charge in [0.05, 0.1) is 6.61 Å². The number of alkyl halides is 2. The molecule has 1 aromatic carbocycles. The van der Waals surface area contributed by atoms with Gasteiger partial charge >= 0.3 is 0 Å². The molecule has 0 bridgehead atoms. The number of rotatable bonds is 6. The van der Waals surface area contributed by atoms with Crippen LogP contribution >= 0.6 is 0 Å². The lowest BCUT2D eigenvalue weighted by atomic mass is 9.92. The highest BCUT2D eigenvalue weighted by Gasteiger charge is 2.42. The van der Waals surface area contributed by atoms with E-state index in [0.717, 1.165) is 42.2 Å². The molecular formula is C22H28F2N2O2. The van der Waals surface area contributed by atoms with Crippen LogP contribution in [0, 0.1) is 5.92 Å². The normalized spacial score (nSPS) is 28.5. The van der Waals surface area contributed by atoms with E-state index in [4.69, 9.17) is 4.74 Å². The average Bonchev–Trinajstić information content (AvgIpc) is 3.58. The Labute approximate surface area is 164 Å². The molecule has 4 nitrogen and oxygen atoms in total. The summed E-state index contributed by atoms with van der Waals surface area (Å²) in [5.41, 5.74) is 2.89. The van der Waals surface area contributed by atoms with E-state index < -0.39 is 5.92 Å². The number of ether oxygens (including phenoxy) is 1. The first-order valence-electron chi connectivity index (χ1n) is 10.7. The van der Waals surface area contributed by atoms with E-state index in [1.165, 1.54) is 12.8 Å². The van der Waals surface area contributed by atoms with Crippen molar-refractivity contribution < 1.29 is 18.3 Å². The van der Waals surface area contributed by atoms with Crippen molar-refractivity contribution in [1.82, 2.24) is 10.6 Å². The number of fused-ring (bicyclic) bond motifs is 1. The SMILES string of the molecule is O=C(NC1CCC(F)(F)CC1)c1cc2c(c(C3CC3NCC3CC3)c1)OCC2. The first kappa shape index (κ1) is 18.3. The summed E-state index contributed by atoms with van der Waals surface area (Å²) < 4.78 is 32.6. The summed E-state index contributed by atoms with van der Waals surface area (Å²) in [6, 6.07) is 4.22. The summed E-state index contributed by atoms with van der Waals surface area (Å²) in [6.07, 6.45) is 4.99. The standard InChI is InChI=1S/C22H28F2N2O2/c23-22(24)6-3-16(4-7-22)26-21(27)15-9-14-5-8-28-20(14)18(10-15)17-11-19(17)25-12-13-1-2-13/h9-10,13,16-17,19,25H,1-8,11-12H2,(H,26,27). The molecule has 4 aliphatic rings. The topological polar surface area (TPSA) is 50.4 Å². The molecule has 28 heavy (non-hydrogen) atoms. The van der Waals surface area contributed by atoms with Crippen LogP contribution in [0.4, 0.5) is 8.78 Å². The van der Waals surface area contributed by atoms with Gasteiger partial charge in [-0.3, -0.25) is 4.79 Å². The van der Waals surface area contributed by atoms with Gasteiger partial charge in [0.2, 0.25) is 5.92 Å². The number of amides is 1. The second-order valence-corrected chi connectivity index (χ2v) is 9.06. The number of halogens is 2. The zero-order valence-electron chi connectivity index (χ0n) is 16.1. The summed E-state index contributed by atoms with van der Waals surface area (Å²) in [6.45, 7) is 1.76. The maximum Gasteiger partial charge on any atom is 0.251 e. The fourth-order valence-corrected chi connectivity index (χ4v) is 4.60. The van der Waals surface area contributed by atoms with Crippen LogP contribution in [0.2, 0.25) is 0 Å². The van der Waals surface area contributed by atoms with E-state index in [2.05, 4.69) is 10.6 Å². The largest absolute Gasteiger partial charge is 0.493 e. The highest BCUT2D eigenvalue weighted by molar-refractivity contribution is 5.95. The van der Waals surface area contributed by atoms with Gasteiger partial charge in [0.1, 0.15) is 5.75 Å². The van der Waals surface area contributed by atoms with Gasteiger partial charge in [-0.05, 0) is 67.8 Å². The number of hydrogen-bond donors (Lipinski definition) is 2. The Balaban J connectivity index is 1.28. The third-order valence-electron chi connectivity index (χ3n) is 6.68. The Morgan fingerprint density at radius 1 is 1.18 bits per heavy atom. The fourth-order valence-electron chi connectivity index (χ4n) is 4.60. The highest BCUT2D eigenvalue weighted by Crippen LogP contribution is 2.48. The van der Waals surface area contributed by atoms with Gasteiger partial charge in [0.15, 0.2) is 0 Å². The van der Waals surface area contributed by atoms with Crippen molar-refractivity contribution in [2.45, 2.75) is 75.3 Å². The van der Waals surface area contributed by atoms with Crippen LogP contribution in [0.5, 0.6) is 5.75 Å². The molecule has 2 N–H and O–H groups in total. The lowest BCUT2D eigenvalue weighted by molar-refractivity contribution is -0.0399. The van der Waals surface area contributed by atoms with Crippen LogP contribution in [0.25, 0.3) is 0 Å². The molecule has 3 saturated carbocycles. The summed E-state index contributed by atoms with van der Waals surface area (Å²) >= 11 is 0. The Hall–Kier alpha value is -1.69. The van der Waals surface area contributed by atoms with E-state index in [-0.39, 0.29) is 24.8 Å². The summed E-state index contributed by atoms with van der Waals surface area (Å²) in [5, 5.41) is 6.63. The van der Waals surface area contributed by atoms with Crippen LogP contribution in [0.3, 0.4) is 0 Å². The monoisotopic (exact) mass is 390 g/mol. The molecule has 3 fully saturated rings. The van der Waals surface area contributed by atoms with Crippen LogP contribution in [0.15, 0.2) is 12.1 Å². The van der Waals surface area contributed by atoms with Crippen molar-refractivity contribution in [3.05, 3.63) is 28.8 Å². The molecule has 6 heteroatoms. The second-order valence-electron chi connectivity index (χ2n) is 9.06. The van der Waals surface area contributed by atoms with Crippen LogP contribution in [-0.4, -0.2) is 37.1 Å². The number of carbonyl (C=O) groups is 1. The molecule has 2 unspecified atom stereocenters. The second kappa shape index (κ2) is 6.97. The zero-order chi connectivity index (χ0) is 19.3. The molecule has 2 atom stereocenters. The third kappa shape index (κ3) is 3.88. The molecule has 1 heterocycles. The molecule has 152 valence electrons. The van der Waals surface area contributed by atoms with Crippen molar-refractivity contribution in [3.8, 4) is 5.75 Å². The molecular weight excluding hydrogens is 362 g/mol. The number of hydrogen-bond acceptors (Lipinski definition) is 3. The Morgan fingerprint density at radius 3 is 2.71 bits per heavy atom. The van der Waals surface area contributed by atoms with Gasteiger partial charge in [0.25, 0.3) is 5.91 Å². The van der Waals surface area contributed by atoms with Crippen molar-refractivity contribution in [3.63, 3.8) is 0 Å². The van der Waals surface area contributed by atoms with Crippen molar-refractivity contribution in [2.24, 2.45) is 5.92 Å². The molecule has 3 aliphatic carbocycles. The molecule has 0 radical (unpaired) electrons. The first-order chi connectivity index (χ1) is 13.5. The van der Waals surface area contributed by atoms with Gasteiger partial charge in [-0.25, -0.2) is 8.78 Å². The number of carbonyl (C=O) groups excluding carboxylic acids is 1. The lowest BCUT2D eigenvalue weighted by Gasteiger charge is -2.28. The molecule has 0 spiro atoms. The summed E-state index contributed by atoms with van der Waals surface area (Å²) in [5.74, 6) is -0.493. The summed E-state index contributed by atoms with van der Waals surface area (Å²) in [7, 11) is 0. The molecule has 1 amide bonds. The van der Waals surface area contributed by atoms with Crippen LogP contribution in [0.1, 0.15) is 72.3 Å². The molecule has 0 saturated heterocycles. The Morgan fingerprint density at radius 2 is 1.96 bits per heavy atom. The third-order valence-corrected chi connectivity index (χ3v) is 6.68.